The molecule has 184 valence electrons. The van der Waals surface area contributed by atoms with E-state index < -0.39 is 6.10 Å². The first-order valence-corrected chi connectivity index (χ1v) is 12.3. The minimum absolute atomic E-state index is 0.450. The molecule has 0 amide bonds. The number of likely N-dealkylation sites (N-methyl/N-ethyl adjacent to an activating group) is 1. The van der Waals surface area contributed by atoms with E-state index in [0.29, 0.717) is 30.1 Å². The molecule has 0 spiro atoms. The Labute approximate surface area is 202 Å². The fourth-order valence-electron chi connectivity index (χ4n) is 5.24. The zero-order valence-corrected chi connectivity index (χ0v) is 20.8. The summed E-state index contributed by atoms with van der Waals surface area (Å²) in [5.74, 6) is 2.61. The number of aliphatic hydroxyl groups is 1. The van der Waals surface area contributed by atoms with Gasteiger partial charge in [-0.25, -0.2) is 9.97 Å². The summed E-state index contributed by atoms with van der Waals surface area (Å²) in [4.78, 5) is 13.6. The SMILES string of the molecule is Cc1nc(Nc2cc(C3CCN(C4CCOC4)CC3)c(C)cc2C=N)cc(N(C)CC(C)O)n1. The summed E-state index contributed by atoms with van der Waals surface area (Å²) in [5.41, 5.74) is 4.33. The molecule has 1 aromatic carbocycles. The highest BCUT2D eigenvalue weighted by atomic mass is 16.5. The quantitative estimate of drug-likeness (QED) is 0.511. The zero-order chi connectivity index (χ0) is 24.2. The molecule has 0 saturated carbocycles. The molecule has 4 rings (SSSR count). The first-order chi connectivity index (χ1) is 16.3. The number of hydrogen-bond acceptors (Lipinski definition) is 8. The summed E-state index contributed by atoms with van der Waals surface area (Å²) in [5, 5.41) is 21.2. The molecule has 0 aliphatic carbocycles. The number of anilines is 3. The van der Waals surface area contributed by atoms with Crippen LogP contribution in [0.25, 0.3) is 0 Å². The van der Waals surface area contributed by atoms with Gasteiger partial charge < -0.3 is 25.5 Å². The van der Waals surface area contributed by atoms with Crippen molar-refractivity contribution < 1.29 is 9.84 Å². The van der Waals surface area contributed by atoms with E-state index in [4.69, 9.17) is 10.1 Å². The summed E-state index contributed by atoms with van der Waals surface area (Å²) < 4.78 is 5.59. The molecule has 2 unspecified atom stereocenters. The lowest BCUT2D eigenvalue weighted by Crippen LogP contribution is -2.41. The van der Waals surface area contributed by atoms with Crippen molar-refractivity contribution in [1.82, 2.24) is 14.9 Å². The minimum Gasteiger partial charge on any atom is -0.392 e. The number of aromatic nitrogens is 2. The van der Waals surface area contributed by atoms with Gasteiger partial charge in [-0.3, -0.25) is 4.90 Å². The second kappa shape index (κ2) is 10.8. The summed E-state index contributed by atoms with van der Waals surface area (Å²) in [6, 6.07) is 6.80. The second-order valence-corrected chi connectivity index (χ2v) is 9.78. The fraction of sp³-hybridized carbons (Fsp3) is 0.577. The maximum Gasteiger partial charge on any atom is 0.136 e. The molecule has 34 heavy (non-hydrogen) atoms. The standard InChI is InChI=1S/C26H38N6O2/c1-17-11-21(14-27)24(30-25-13-26(29-19(3)28-25)31(4)15-18(2)33)12-23(17)20-5-8-32(9-6-20)22-7-10-34-16-22/h11-14,18,20,22,27,33H,5-10,15-16H2,1-4H3,(H,28,29,30). The maximum atomic E-state index is 9.75. The molecule has 8 heteroatoms. The van der Waals surface area contributed by atoms with E-state index in [9.17, 15) is 5.11 Å². The van der Waals surface area contributed by atoms with E-state index >= 15 is 0 Å². The third kappa shape index (κ3) is 5.74. The van der Waals surface area contributed by atoms with Crippen LogP contribution in [-0.4, -0.2) is 78.2 Å². The minimum atomic E-state index is -0.450. The molecule has 8 nitrogen and oxygen atoms in total. The number of ether oxygens (including phenoxy) is 1. The molecule has 3 heterocycles. The average molecular weight is 467 g/mol. The normalized spacial score (nSPS) is 20.3. The number of aliphatic hydroxyl groups excluding tert-OH is 1. The summed E-state index contributed by atoms with van der Waals surface area (Å²) >= 11 is 0. The van der Waals surface area contributed by atoms with Crippen LogP contribution in [0.2, 0.25) is 0 Å². The van der Waals surface area contributed by atoms with Gasteiger partial charge in [0.2, 0.25) is 0 Å². The molecule has 1 aromatic heterocycles. The van der Waals surface area contributed by atoms with Crippen molar-refractivity contribution in [3.8, 4) is 0 Å². The van der Waals surface area contributed by atoms with Gasteiger partial charge in [-0.1, -0.05) is 0 Å². The molecule has 2 aliphatic rings. The lowest BCUT2D eigenvalue weighted by Gasteiger charge is -2.36. The Morgan fingerprint density at radius 2 is 2.00 bits per heavy atom. The summed E-state index contributed by atoms with van der Waals surface area (Å²) in [7, 11) is 1.91. The first-order valence-electron chi connectivity index (χ1n) is 12.3. The Bertz CT molecular complexity index is 997. The second-order valence-electron chi connectivity index (χ2n) is 9.78. The van der Waals surface area contributed by atoms with Gasteiger partial charge in [-0.05, 0) is 82.3 Å². The van der Waals surface area contributed by atoms with Crippen LogP contribution in [-0.2, 0) is 4.74 Å². The van der Waals surface area contributed by atoms with E-state index in [-0.39, 0.29) is 0 Å². The number of likely N-dealkylation sites (tertiary alicyclic amines) is 1. The van der Waals surface area contributed by atoms with Crippen molar-refractivity contribution >= 4 is 23.5 Å². The van der Waals surface area contributed by atoms with Gasteiger partial charge in [0.25, 0.3) is 0 Å². The third-order valence-electron chi connectivity index (χ3n) is 7.00. The van der Waals surface area contributed by atoms with Crippen molar-refractivity contribution in [2.24, 2.45) is 0 Å². The predicted octanol–water partition coefficient (Wildman–Crippen LogP) is 3.62. The van der Waals surface area contributed by atoms with Crippen LogP contribution in [0.5, 0.6) is 0 Å². The van der Waals surface area contributed by atoms with Crippen molar-refractivity contribution in [3.05, 3.63) is 40.7 Å². The van der Waals surface area contributed by atoms with Crippen LogP contribution < -0.4 is 10.2 Å². The van der Waals surface area contributed by atoms with E-state index in [1.165, 1.54) is 17.3 Å². The Morgan fingerprint density at radius 1 is 1.24 bits per heavy atom. The summed E-state index contributed by atoms with van der Waals surface area (Å²) in [6.45, 7) is 10.3. The highest BCUT2D eigenvalue weighted by Gasteiger charge is 2.29. The highest BCUT2D eigenvalue weighted by molar-refractivity contribution is 5.88. The molecule has 0 bridgehead atoms. The molecule has 2 aromatic rings. The van der Waals surface area contributed by atoms with E-state index in [0.717, 1.165) is 62.6 Å². The Hall–Kier alpha value is -2.55. The Morgan fingerprint density at radius 3 is 2.65 bits per heavy atom. The van der Waals surface area contributed by atoms with E-state index in [1.807, 2.05) is 24.9 Å². The van der Waals surface area contributed by atoms with Crippen LogP contribution in [0, 0.1) is 19.3 Å². The van der Waals surface area contributed by atoms with Crippen LogP contribution in [0.3, 0.4) is 0 Å². The maximum absolute atomic E-state index is 9.75. The predicted molar refractivity (Wildman–Crippen MR) is 137 cm³/mol. The average Bonchev–Trinajstić information content (AvgIpc) is 3.34. The Balaban J connectivity index is 1.54. The monoisotopic (exact) mass is 466 g/mol. The van der Waals surface area contributed by atoms with Gasteiger partial charge in [0.1, 0.15) is 17.5 Å². The van der Waals surface area contributed by atoms with Crippen LogP contribution in [0.1, 0.15) is 54.6 Å². The zero-order valence-electron chi connectivity index (χ0n) is 20.8. The third-order valence-corrected chi connectivity index (χ3v) is 7.00. The van der Waals surface area contributed by atoms with Gasteiger partial charge >= 0.3 is 0 Å². The summed E-state index contributed by atoms with van der Waals surface area (Å²) in [6.07, 6.45) is 4.38. The van der Waals surface area contributed by atoms with Gasteiger partial charge in [-0.2, -0.15) is 0 Å². The van der Waals surface area contributed by atoms with Gasteiger partial charge in [0.05, 0.1) is 12.7 Å². The van der Waals surface area contributed by atoms with Gasteiger partial charge in [0, 0.05) is 49.8 Å². The number of hydrogen-bond donors (Lipinski definition) is 3. The number of rotatable bonds is 8. The molecule has 0 radical (unpaired) electrons. The lowest BCUT2D eigenvalue weighted by atomic mass is 9.85. The topological polar surface area (TPSA) is 97.6 Å². The van der Waals surface area contributed by atoms with Gasteiger partial charge in [-0.15, -0.1) is 0 Å². The number of benzene rings is 1. The van der Waals surface area contributed by atoms with Crippen molar-refractivity contribution in [3.63, 3.8) is 0 Å². The fourth-order valence-corrected chi connectivity index (χ4v) is 5.24. The van der Waals surface area contributed by atoms with E-state index in [1.54, 1.807) is 6.92 Å². The number of aryl methyl sites for hydroxylation is 2. The molecule has 2 saturated heterocycles. The molecule has 2 atom stereocenters. The van der Waals surface area contributed by atoms with Crippen LogP contribution >= 0.6 is 0 Å². The van der Waals surface area contributed by atoms with Crippen molar-refractivity contribution in [2.45, 2.75) is 58.1 Å². The van der Waals surface area contributed by atoms with Crippen LogP contribution in [0.4, 0.5) is 17.3 Å². The van der Waals surface area contributed by atoms with E-state index in [2.05, 4.69) is 39.2 Å². The highest BCUT2D eigenvalue weighted by Crippen LogP contribution is 2.35. The largest absolute Gasteiger partial charge is 0.392 e. The molecular weight excluding hydrogens is 428 g/mol. The van der Waals surface area contributed by atoms with Gasteiger partial charge in [0.15, 0.2) is 0 Å². The molecule has 2 aliphatic heterocycles. The number of piperidine rings is 1. The molecular formula is C26H38N6O2. The van der Waals surface area contributed by atoms with Crippen molar-refractivity contribution in [2.75, 3.05) is 50.1 Å². The molecule has 3 N–H and O–H groups in total. The van der Waals surface area contributed by atoms with Crippen LogP contribution in [0.15, 0.2) is 18.2 Å². The lowest BCUT2D eigenvalue weighted by molar-refractivity contribution is 0.122. The van der Waals surface area contributed by atoms with Crippen molar-refractivity contribution in [1.29, 1.82) is 5.41 Å². The number of nitrogens with one attached hydrogen (secondary N) is 2. The molecule has 2 fully saturated rings. The smallest absolute Gasteiger partial charge is 0.136 e. The number of nitrogens with zero attached hydrogens (tertiary/aromatic N) is 4. The first kappa shape index (κ1) is 24.6. The Kier molecular flexibility index (Phi) is 7.80.